The maximum Gasteiger partial charge on any atom is 0.278 e. The molecule has 2 heterocycles. The van der Waals surface area contributed by atoms with Crippen molar-refractivity contribution in [2.24, 2.45) is 0 Å². The highest BCUT2D eigenvalue weighted by molar-refractivity contribution is 6.35. The van der Waals surface area contributed by atoms with Gasteiger partial charge < -0.3 is 14.5 Å². The van der Waals surface area contributed by atoms with Gasteiger partial charge in [-0.15, -0.1) is 6.58 Å². The van der Waals surface area contributed by atoms with Crippen molar-refractivity contribution in [1.29, 1.82) is 0 Å². The van der Waals surface area contributed by atoms with E-state index >= 15 is 0 Å². The summed E-state index contributed by atoms with van der Waals surface area (Å²) in [6.45, 7) is 9.79. The molecule has 0 saturated carbocycles. The molecule has 2 aliphatic heterocycles. The molecule has 2 amide bonds. The lowest BCUT2D eigenvalue weighted by Crippen LogP contribution is -2.46. The van der Waals surface area contributed by atoms with Gasteiger partial charge in [0.1, 0.15) is 11.4 Å². The number of nitrogens with zero attached hydrogens (tertiary/aromatic N) is 3. The smallest absolute Gasteiger partial charge is 0.278 e. The number of ether oxygens (including phenoxy) is 1. The van der Waals surface area contributed by atoms with Crippen LogP contribution >= 0.6 is 0 Å². The molecule has 0 aromatic heterocycles. The molecular weight excluding hydrogens is 342 g/mol. The minimum absolute atomic E-state index is 0.218. The summed E-state index contributed by atoms with van der Waals surface area (Å²) < 4.78 is 5.63. The molecule has 0 N–H and O–H groups in total. The zero-order chi connectivity index (χ0) is 19.4. The highest BCUT2D eigenvalue weighted by atomic mass is 16.5. The highest BCUT2D eigenvalue weighted by Gasteiger charge is 2.41. The summed E-state index contributed by atoms with van der Waals surface area (Å²) >= 11 is 0. The molecule has 0 aliphatic carbocycles. The number of rotatable bonds is 7. The Bertz CT molecular complexity index is 746. The summed E-state index contributed by atoms with van der Waals surface area (Å²) in [6.07, 6.45) is 2.52. The van der Waals surface area contributed by atoms with Crippen molar-refractivity contribution in [3.8, 4) is 5.75 Å². The lowest BCUT2D eigenvalue weighted by atomic mass is 10.0. The second-order valence-electron chi connectivity index (χ2n) is 6.90. The van der Waals surface area contributed by atoms with E-state index in [1.165, 1.54) is 4.90 Å². The zero-order valence-electron chi connectivity index (χ0n) is 16.1. The largest absolute Gasteiger partial charge is 0.494 e. The molecule has 144 valence electrons. The van der Waals surface area contributed by atoms with Gasteiger partial charge in [-0.1, -0.05) is 25.1 Å². The van der Waals surface area contributed by atoms with Gasteiger partial charge in [-0.2, -0.15) is 0 Å². The van der Waals surface area contributed by atoms with Crippen LogP contribution < -0.4 is 4.74 Å². The summed E-state index contributed by atoms with van der Waals surface area (Å²) in [5.41, 5.74) is 1.74. The van der Waals surface area contributed by atoms with Crippen LogP contribution in [0.4, 0.5) is 0 Å². The molecule has 1 aromatic carbocycles. The highest BCUT2D eigenvalue weighted by Crippen LogP contribution is 2.32. The molecule has 1 saturated heterocycles. The molecule has 3 rings (SSSR count). The Morgan fingerprint density at radius 2 is 1.74 bits per heavy atom. The maximum absolute atomic E-state index is 13.0. The normalized spacial score (nSPS) is 18.4. The first-order valence-corrected chi connectivity index (χ1v) is 9.45. The van der Waals surface area contributed by atoms with Crippen LogP contribution in [-0.2, 0) is 9.59 Å². The summed E-state index contributed by atoms with van der Waals surface area (Å²) in [5, 5.41) is 0. The Morgan fingerprint density at radius 1 is 1.07 bits per heavy atom. The number of hydrogen-bond donors (Lipinski definition) is 0. The fourth-order valence-electron chi connectivity index (χ4n) is 3.38. The van der Waals surface area contributed by atoms with Crippen molar-refractivity contribution in [2.75, 3.05) is 46.4 Å². The molecule has 0 bridgehead atoms. The predicted octanol–water partition coefficient (Wildman–Crippen LogP) is 1.99. The lowest BCUT2D eigenvalue weighted by Gasteiger charge is -2.34. The third kappa shape index (κ3) is 3.90. The number of carbonyl (C=O) groups is 2. The summed E-state index contributed by atoms with van der Waals surface area (Å²) in [4.78, 5) is 31.5. The summed E-state index contributed by atoms with van der Waals surface area (Å²) in [5.74, 6) is 0.281. The van der Waals surface area contributed by atoms with E-state index in [4.69, 9.17) is 4.74 Å². The van der Waals surface area contributed by atoms with Gasteiger partial charge in [-0.25, -0.2) is 0 Å². The van der Waals surface area contributed by atoms with E-state index in [0.717, 1.165) is 43.9 Å². The van der Waals surface area contributed by atoms with Crippen LogP contribution in [0.5, 0.6) is 5.75 Å². The Hall–Kier alpha value is -2.60. The SMILES string of the molecule is C=CCN1C(=O)C(c2ccc(OCCC)cc2)=C(N2CCN(C)CC2)C1=O. The quantitative estimate of drug-likeness (QED) is 0.543. The molecule has 2 aliphatic rings. The number of piperazine rings is 1. The monoisotopic (exact) mass is 369 g/mol. The van der Waals surface area contributed by atoms with Crippen LogP contribution in [0.25, 0.3) is 5.57 Å². The summed E-state index contributed by atoms with van der Waals surface area (Å²) in [7, 11) is 2.06. The molecule has 0 radical (unpaired) electrons. The van der Waals surface area contributed by atoms with Gasteiger partial charge in [0.15, 0.2) is 0 Å². The topological polar surface area (TPSA) is 53.1 Å². The lowest BCUT2D eigenvalue weighted by molar-refractivity contribution is -0.137. The first-order valence-electron chi connectivity index (χ1n) is 9.45. The van der Waals surface area contributed by atoms with E-state index in [9.17, 15) is 9.59 Å². The van der Waals surface area contributed by atoms with Crippen molar-refractivity contribution in [3.63, 3.8) is 0 Å². The van der Waals surface area contributed by atoms with Crippen LogP contribution in [0, 0.1) is 0 Å². The standard InChI is InChI=1S/C21H27N3O3/c1-4-10-24-20(25)18(16-6-8-17(9-7-16)27-15-5-2)19(21(24)26)23-13-11-22(3)12-14-23/h4,6-9H,1,5,10-15H2,2-3H3. The number of imide groups is 1. The average molecular weight is 369 g/mol. The van der Waals surface area contributed by atoms with Crippen molar-refractivity contribution in [1.82, 2.24) is 14.7 Å². The molecule has 0 atom stereocenters. The van der Waals surface area contributed by atoms with E-state index in [1.807, 2.05) is 29.2 Å². The Kier molecular flexibility index (Phi) is 5.96. The van der Waals surface area contributed by atoms with Gasteiger partial charge in [0, 0.05) is 32.7 Å². The van der Waals surface area contributed by atoms with Gasteiger partial charge in [0.25, 0.3) is 11.8 Å². The average Bonchev–Trinajstić information content (AvgIpc) is 2.92. The fourth-order valence-corrected chi connectivity index (χ4v) is 3.38. The van der Waals surface area contributed by atoms with Crippen molar-refractivity contribution < 1.29 is 14.3 Å². The predicted molar refractivity (Wildman–Crippen MR) is 105 cm³/mol. The van der Waals surface area contributed by atoms with Gasteiger partial charge >= 0.3 is 0 Å². The molecule has 6 heteroatoms. The van der Waals surface area contributed by atoms with Crippen molar-refractivity contribution in [3.05, 3.63) is 48.2 Å². The number of benzene rings is 1. The number of carbonyl (C=O) groups excluding carboxylic acids is 2. The van der Waals surface area contributed by atoms with E-state index in [-0.39, 0.29) is 18.4 Å². The van der Waals surface area contributed by atoms with Gasteiger partial charge in [-0.3, -0.25) is 14.5 Å². The van der Waals surface area contributed by atoms with E-state index in [0.29, 0.717) is 17.9 Å². The van der Waals surface area contributed by atoms with E-state index in [1.54, 1.807) is 6.08 Å². The van der Waals surface area contributed by atoms with Gasteiger partial charge in [0.05, 0.1) is 12.2 Å². The molecule has 1 aromatic rings. The molecule has 6 nitrogen and oxygen atoms in total. The minimum atomic E-state index is -0.254. The fraction of sp³-hybridized carbons (Fsp3) is 0.429. The molecule has 0 unspecified atom stereocenters. The zero-order valence-corrected chi connectivity index (χ0v) is 16.1. The molecule has 27 heavy (non-hydrogen) atoms. The Balaban J connectivity index is 1.96. The van der Waals surface area contributed by atoms with Gasteiger partial charge in [-0.05, 0) is 31.2 Å². The third-order valence-electron chi connectivity index (χ3n) is 4.89. The first kappa shape index (κ1) is 19.2. The van der Waals surface area contributed by atoms with Crippen LogP contribution in [0.2, 0.25) is 0 Å². The molecule has 1 fully saturated rings. The number of hydrogen-bond acceptors (Lipinski definition) is 5. The minimum Gasteiger partial charge on any atom is -0.494 e. The van der Waals surface area contributed by atoms with Crippen molar-refractivity contribution in [2.45, 2.75) is 13.3 Å². The Labute approximate surface area is 160 Å². The first-order chi connectivity index (χ1) is 13.1. The molecule has 0 spiro atoms. The number of likely N-dealkylation sites (N-methyl/N-ethyl adjacent to an activating group) is 1. The van der Waals surface area contributed by atoms with E-state index in [2.05, 4.69) is 25.5 Å². The third-order valence-corrected chi connectivity index (χ3v) is 4.89. The number of amides is 2. The van der Waals surface area contributed by atoms with Crippen molar-refractivity contribution >= 4 is 17.4 Å². The van der Waals surface area contributed by atoms with Crippen LogP contribution in [0.15, 0.2) is 42.6 Å². The van der Waals surface area contributed by atoms with Crippen LogP contribution in [0.1, 0.15) is 18.9 Å². The van der Waals surface area contributed by atoms with Crippen LogP contribution in [0.3, 0.4) is 0 Å². The second kappa shape index (κ2) is 8.39. The maximum atomic E-state index is 13.0. The second-order valence-corrected chi connectivity index (χ2v) is 6.90. The molecular formula is C21H27N3O3. The van der Waals surface area contributed by atoms with Gasteiger partial charge in [0.2, 0.25) is 0 Å². The van der Waals surface area contributed by atoms with E-state index < -0.39 is 0 Å². The Morgan fingerprint density at radius 3 is 2.33 bits per heavy atom. The summed E-state index contributed by atoms with van der Waals surface area (Å²) in [6, 6.07) is 7.43. The van der Waals surface area contributed by atoms with Crippen LogP contribution in [-0.4, -0.2) is 72.9 Å².